The van der Waals surface area contributed by atoms with E-state index >= 15 is 0 Å². The van der Waals surface area contributed by atoms with Gasteiger partial charge in [-0.05, 0) is 37.9 Å². The van der Waals surface area contributed by atoms with Crippen LogP contribution in [-0.2, 0) is 6.42 Å². The molecule has 0 bridgehead atoms. The van der Waals surface area contributed by atoms with Gasteiger partial charge in [0, 0.05) is 12.1 Å². The highest BCUT2D eigenvalue weighted by Crippen LogP contribution is 2.12. The largest absolute Gasteiger partial charge is 0.317 e. The van der Waals surface area contributed by atoms with E-state index in [0.29, 0.717) is 0 Å². The van der Waals surface area contributed by atoms with Gasteiger partial charge >= 0.3 is 0 Å². The first-order chi connectivity index (χ1) is 9.15. The van der Waals surface area contributed by atoms with Gasteiger partial charge in [0.1, 0.15) is 0 Å². The Labute approximate surface area is 116 Å². The van der Waals surface area contributed by atoms with Crippen molar-refractivity contribution in [3.05, 3.63) is 39.9 Å². The maximum atomic E-state index is 10.3. The molecule has 1 N–H and O–H groups in total. The van der Waals surface area contributed by atoms with Crippen LogP contribution in [0.15, 0.2) is 24.3 Å². The Morgan fingerprint density at radius 2 is 1.89 bits per heavy atom. The summed E-state index contributed by atoms with van der Waals surface area (Å²) in [5.41, 5.74) is 1.17. The van der Waals surface area contributed by atoms with Crippen LogP contribution in [-0.4, -0.2) is 18.0 Å². The molecule has 0 spiro atoms. The molecule has 0 atom stereocenters. The van der Waals surface area contributed by atoms with Crippen molar-refractivity contribution in [3.63, 3.8) is 0 Å². The van der Waals surface area contributed by atoms with Gasteiger partial charge in [-0.25, -0.2) is 0 Å². The molecule has 0 amide bonds. The number of benzene rings is 1. The topological polar surface area (TPSA) is 55.2 Å². The average molecular weight is 266 g/mol. The van der Waals surface area contributed by atoms with Crippen molar-refractivity contribution in [2.45, 2.75) is 46.5 Å². The Bertz CT molecular complexity index is 348. The highest BCUT2D eigenvalue weighted by molar-refractivity contribution is 5.34. The van der Waals surface area contributed by atoms with Crippen LogP contribution in [0.5, 0.6) is 0 Å². The minimum Gasteiger partial charge on any atom is -0.317 e. The van der Waals surface area contributed by atoms with Gasteiger partial charge in [0.2, 0.25) is 0 Å². The zero-order chi connectivity index (χ0) is 14.5. The number of nitrogens with zero attached hydrogens (tertiary/aromatic N) is 1. The van der Waals surface area contributed by atoms with Crippen LogP contribution < -0.4 is 5.32 Å². The second-order valence-electron chi connectivity index (χ2n) is 4.38. The van der Waals surface area contributed by atoms with Crippen LogP contribution in [0.4, 0.5) is 5.69 Å². The number of nitro groups is 1. The van der Waals surface area contributed by atoms with Crippen molar-refractivity contribution in [1.29, 1.82) is 0 Å². The van der Waals surface area contributed by atoms with Gasteiger partial charge < -0.3 is 5.32 Å². The summed E-state index contributed by atoms with van der Waals surface area (Å²) in [6.45, 7) is 8.76. The summed E-state index contributed by atoms with van der Waals surface area (Å²) in [6, 6.07) is 6.68. The van der Waals surface area contributed by atoms with Crippen molar-refractivity contribution >= 4 is 5.69 Å². The van der Waals surface area contributed by atoms with E-state index in [2.05, 4.69) is 19.2 Å². The fraction of sp³-hybridized carbons (Fsp3) is 0.600. The zero-order valence-electron chi connectivity index (χ0n) is 12.3. The van der Waals surface area contributed by atoms with E-state index < -0.39 is 0 Å². The van der Waals surface area contributed by atoms with Gasteiger partial charge in [-0.2, -0.15) is 0 Å². The number of nitrogens with one attached hydrogen (secondary N) is 1. The average Bonchev–Trinajstić information content (AvgIpc) is 2.44. The fourth-order valence-electron chi connectivity index (χ4n) is 1.49. The molecular weight excluding hydrogens is 240 g/mol. The van der Waals surface area contributed by atoms with Gasteiger partial charge in [0.15, 0.2) is 0 Å². The lowest BCUT2D eigenvalue weighted by molar-refractivity contribution is -0.384. The smallest absolute Gasteiger partial charge is 0.269 e. The van der Waals surface area contributed by atoms with Crippen LogP contribution in [0.1, 0.15) is 45.6 Å². The summed E-state index contributed by atoms with van der Waals surface area (Å²) in [6.07, 6.45) is 4.71. The standard InChI is InChI=1S/C8H9NO2.C7H17N/c1-2-7-4-3-5-8(6-7)9(10)11;1-3-5-7-8-6-4-2/h3-6H,2H2,1H3;8H,3-7H2,1-2H3. The number of rotatable bonds is 7. The van der Waals surface area contributed by atoms with Crippen LogP contribution >= 0.6 is 0 Å². The van der Waals surface area contributed by atoms with E-state index in [-0.39, 0.29) is 10.6 Å². The van der Waals surface area contributed by atoms with Crippen molar-refractivity contribution in [3.8, 4) is 0 Å². The maximum Gasteiger partial charge on any atom is 0.269 e. The van der Waals surface area contributed by atoms with Gasteiger partial charge in [-0.1, -0.05) is 39.3 Å². The molecule has 0 heterocycles. The van der Waals surface area contributed by atoms with Gasteiger partial charge in [-0.15, -0.1) is 0 Å². The van der Waals surface area contributed by atoms with E-state index in [1.807, 2.05) is 13.0 Å². The molecule has 4 heteroatoms. The monoisotopic (exact) mass is 266 g/mol. The fourth-order valence-corrected chi connectivity index (χ4v) is 1.49. The van der Waals surface area contributed by atoms with Gasteiger partial charge in [0.05, 0.1) is 4.92 Å². The Balaban J connectivity index is 0.000000362. The number of hydrogen-bond donors (Lipinski definition) is 1. The molecule has 0 radical (unpaired) electrons. The number of unbranched alkanes of at least 4 members (excludes halogenated alkanes) is 1. The van der Waals surface area contributed by atoms with E-state index in [1.54, 1.807) is 12.1 Å². The third kappa shape index (κ3) is 9.19. The predicted octanol–water partition coefficient (Wildman–Crippen LogP) is 3.94. The lowest BCUT2D eigenvalue weighted by atomic mass is 10.1. The molecule has 0 saturated heterocycles. The Morgan fingerprint density at radius 1 is 1.16 bits per heavy atom. The number of nitro benzene ring substituents is 1. The number of non-ortho nitro benzene ring substituents is 1. The van der Waals surface area contributed by atoms with Gasteiger partial charge in [0.25, 0.3) is 5.69 Å². The highest BCUT2D eigenvalue weighted by atomic mass is 16.6. The summed E-state index contributed by atoms with van der Waals surface area (Å²) in [7, 11) is 0. The SMILES string of the molecule is CCCCNCCC.CCc1cccc([N+](=O)[O-])c1. The molecule has 4 nitrogen and oxygen atoms in total. The van der Waals surface area contributed by atoms with E-state index in [9.17, 15) is 10.1 Å². The molecular formula is C15H26N2O2. The summed E-state index contributed by atoms with van der Waals surface area (Å²) >= 11 is 0. The number of aryl methyl sites for hydroxylation is 1. The van der Waals surface area contributed by atoms with E-state index in [1.165, 1.54) is 38.4 Å². The molecule has 1 aromatic rings. The lowest BCUT2D eigenvalue weighted by Crippen LogP contribution is -2.15. The first-order valence-electron chi connectivity index (χ1n) is 7.09. The molecule has 0 aliphatic heterocycles. The first-order valence-corrected chi connectivity index (χ1v) is 7.09. The van der Waals surface area contributed by atoms with Crippen molar-refractivity contribution in [1.82, 2.24) is 5.32 Å². The first kappa shape index (κ1) is 17.6. The van der Waals surface area contributed by atoms with Crippen LogP contribution in [0.3, 0.4) is 0 Å². The molecule has 0 aromatic heterocycles. The van der Waals surface area contributed by atoms with Crippen LogP contribution in [0, 0.1) is 10.1 Å². The minimum atomic E-state index is -0.376. The predicted molar refractivity (Wildman–Crippen MR) is 80.5 cm³/mol. The van der Waals surface area contributed by atoms with Crippen molar-refractivity contribution in [2.75, 3.05) is 13.1 Å². The lowest BCUT2D eigenvalue weighted by Gasteiger charge is -1.98. The van der Waals surface area contributed by atoms with Crippen LogP contribution in [0.2, 0.25) is 0 Å². The molecule has 0 saturated carbocycles. The van der Waals surface area contributed by atoms with E-state index in [4.69, 9.17) is 0 Å². The van der Waals surface area contributed by atoms with E-state index in [0.717, 1.165) is 12.0 Å². The second-order valence-corrected chi connectivity index (χ2v) is 4.38. The summed E-state index contributed by atoms with van der Waals surface area (Å²) < 4.78 is 0. The normalized spacial score (nSPS) is 9.63. The Morgan fingerprint density at radius 3 is 2.42 bits per heavy atom. The molecule has 0 aliphatic carbocycles. The third-order valence-electron chi connectivity index (χ3n) is 2.66. The molecule has 19 heavy (non-hydrogen) atoms. The van der Waals surface area contributed by atoms with Crippen molar-refractivity contribution in [2.24, 2.45) is 0 Å². The highest BCUT2D eigenvalue weighted by Gasteiger charge is 2.03. The van der Waals surface area contributed by atoms with Crippen molar-refractivity contribution < 1.29 is 4.92 Å². The Hall–Kier alpha value is -1.42. The molecule has 0 unspecified atom stereocenters. The third-order valence-corrected chi connectivity index (χ3v) is 2.66. The summed E-state index contributed by atoms with van der Waals surface area (Å²) in [5, 5.41) is 13.6. The van der Waals surface area contributed by atoms with Crippen LogP contribution in [0.25, 0.3) is 0 Å². The van der Waals surface area contributed by atoms with Gasteiger partial charge in [-0.3, -0.25) is 10.1 Å². The molecule has 108 valence electrons. The minimum absolute atomic E-state index is 0.171. The maximum absolute atomic E-state index is 10.3. The molecule has 0 aliphatic rings. The summed E-state index contributed by atoms with van der Waals surface area (Å²) in [4.78, 5) is 9.90. The quantitative estimate of drug-likeness (QED) is 0.462. The molecule has 0 fully saturated rings. The Kier molecular flexibility index (Phi) is 10.8. The number of hydrogen-bond acceptors (Lipinski definition) is 3. The summed E-state index contributed by atoms with van der Waals surface area (Å²) in [5.74, 6) is 0. The second kappa shape index (κ2) is 11.7. The molecule has 1 aromatic carbocycles. The zero-order valence-corrected chi connectivity index (χ0v) is 12.3. The molecule has 1 rings (SSSR count).